The molecule has 0 aliphatic rings. The molecule has 132 valence electrons. The van der Waals surface area contributed by atoms with Crippen LogP contribution in [0.2, 0.25) is 0 Å². The fourth-order valence-electron chi connectivity index (χ4n) is 1.78. The van der Waals surface area contributed by atoms with Gasteiger partial charge in [0.25, 0.3) is 11.8 Å². The molecule has 0 atom stereocenters. The summed E-state index contributed by atoms with van der Waals surface area (Å²) in [6.07, 6.45) is 2.37. The Morgan fingerprint density at radius 1 is 1.24 bits per heavy atom. The summed E-state index contributed by atoms with van der Waals surface area (Å²) in [6.45, 7) is 3.99. The molecule has 2 rings (SSSR count). The van der Waals surface area contributed by atoms with E-state index in [4.69, 9.17) is 21.4 Å². The van der Waals surface area contributed by atoms with Crippen LogP contribution in [-0.4, -0.2) is 28.5 Å². The Hall–Kier alpha value is -2.94. The third-order valence-electron chi connectivity index (χ3n) is 3.12. The number of rotatable bonds is 5. The van der Waals surface area contributed by atoms with Crippen LogP contribution in [0, 0.1) is 0 Å². The summed E-state index contributed by atoms with van der Waals surface area (Å²) in [4.78, 5) is 27.0. The molecule has 2 amide bonds. The van der Waals surface area contributed by atoms with E-state index < -0.39 is 11.8 Å². The Bertz CT molecular complexity index is 729. The molecular formula is C16H18N4O4S. The van der Waals surface area contributed by atoms with E-state index in [0.717, 1.165) is 6.39 Å². The third kappa shape index (κ3) is 5.88. The van der Waals surface area contributed by atoms with E-state index in [2.05, 4.69) is 35.0 Å². The van der Waals surface area contributed by atoms with Crippen molar-refractivity contribution in [3.05, 3.63) is 48.2 Å². The Labute approximate surface area is 149 Å². The lowest BCUT2D eigenvalue weighted by molar-refractivity contribution is -0.123. The molecule has 0 radical (unpaired) electrons. The van der Waals surface area contributed by atoms with E-state index in [1.165, 1.54) is 11.8 Å². The zero-order valence-corrected chi connectivity index (χ0v) is 14.6. The van der Waals surface area contributed by atoms with Crippen molar-refractivity contribution in [3.63, 3.8) is 0 Å². The van der Waals surface area contributed by atoms with E-state index in [9.17, 15) is 9.59 Å². The SMILES string of the molecule is CC(C)c1ccc(OCC(=O)NNC(=S)NC(=O)c2cnco2)cc1. The molecule has 1 aromatic carbocycles. The van der Waals surface area contributed by atoms with Crippen LogP contribution in [0.15, 0.2) is 41.3 Å². The second kappa shape index (κ2) is 8.78. The van der Waals surface area contributed by atoms with Crippen LogP contribution in [0.25, 0.3) is 0 Å². The fourth-order valence-corrected chi connectivity index (χ4v) is 1.93. The lowest BCUT2D eigenvalue weighted by atomic mass is 10.0. The number of hydrogen-bond donors (Lipinski definition) is 3. The molecule has 0 unspecified atom stereocenters. The van der Waals surface area contributed by atoms with Crippen LogP contribution in [0.4, 0.5) is 0 Å². The summed E-state index contributed by atoms with van der Waals surface area (Å²) in [7, 11) is 0. The summed E-state index contributed by atoms with van der Waals surface area (Å²) in [5.41, 5.74) is 5.90. The van der Waals surface area contributed by atoms with Crippen molar-refractivity contribution in [3.8, 4) is 5.75 Å². The van der Waals surface area contributed by atoms with Gasteiger partial charge in [0, 0.05) is 0 Å². The molecule has 1 heterocycles. The smallest absolute Gasteiger partial charge is 0.294 e. The van der Waals surface area contributed by atoms with E-state index in [0.29, 0.717) is 11.7 Å². The van der Waals surface area contributed by atoms with Gasteiger partial charge in [-0.15, -0.1) is 0 Å². The van der Waals surface area contributed by atoms with Crippen LogP contribution in [-0.2, 0) is 4.79 Å². The zero-order valence-electron chi connectivity index (χ0n) is 13.7. The predicted octanol–water partition coefficient (Wildman–Crippen LogP) is 1.51. The van der Waals surface area contributed by atoms with Crippen LogP contribution in [0.1, 0.15) is 35.9 Å². The highest BCUT2D eigenvalue weighted by Crippen LogP contribution is 2.18. The van der Waals surface area contributed by atoms with Gasteiger partial charge in [-0.1, -0.05) is 26.0 Å². The number of carbonyl (C=O) groups excluding carboxylic acids is 2. The molecule has 9 heteroatoms. The Kier molecular flexibility index (Phi) is 6.47. The van der Waals surface area contributed by atoms with Gasteiger partial charge in [0.1, 0.15) is 5.75 Å². The summed E-state index contributed by atoms with van der Waals surface area (Å²) in [6, 6.07) is 7.51. The molecule has 0 aliphatic heterocycles. The van der Waals surface area contributed by atoms with Crippen LogP contribution >= 0.6 is 12.2 Å². The van der Waals surface area contributed by atoms with E-state index in [-0.39, 0.29) is 17.5 Å². The summed E-state index contributed by atoms with van der Waals surface area (Å²) in [5, 5.41) is 2.23. The largest absolute Gasteiger partial charge is 0.484 e. The first kappa shape index (κ1) is 18.4. The van der Waals surface area contributed by atoms with Gasteiger partial charge in [-0.3, -0.25) is 25.8 Å². The minimum Gasteiger partial charge on any atom is -0.484 e. The summed E-state index contributed by atoms with van der Waals surface area (Å²) in [5.74, 6) is -0.0194. The maximum Gasteiger partial charge on any atom is 0.294 e. The van der Waals surface area contributed by atoms with Gasteiger partial charge in [0.15, 0.2) is 18.1 Å². The van der Waals surface area contributed by atoms with Gasteiger partial charge in [0.2, 0.25) is 5.76 Å². The van der Waals surface area contributed by atoms with Crippen LogP contribution in [0.3, 0.4) is 0 Å². The van der Waals surface area contributed by atoms with E-state index in [1.54, 1.807) is 12.1 Å². The first-order valence-corrected chi connectivity index (χ1v) is 7.88. The van der Waals surface area contributed by atoms with Crippen molar-refractivity contribution in [2.24, 2.45) is 0 Å². The number of hydrogen-bond acceptors (Lipinski definition) is 6. The van der Waals surface area contributed by atoms with Crippen LogP contribution in [0.5, 0.6) is 5.75 Å². The van der Waals surface area contributed by atoms with E-state index >= 15 is 0 Å². The molecule has 0 saturated carbocycles. The Morgan fingerprint density at radius 2 is 1.96 bits per heavy atom. The van der Waals surface area contributed by atoms with Gasteiger partial charge in [-0.05, 0) is 35.8 Å². The molecule has 8 nitrogen and oxygen atoms in total. The first-order chi connectivity index (χ1) is 12.0. The number of ether oxygens (including phenoxy) is 1. The minimum atomic E-state index is -0.578. The van der Waals surface area contributed by atoms with Crippen molar-refractivity contribution in [1.82, 2.24) is 21.2 Å². The topological polar surface area (TPSA) is 105 Å². The Morgan fingerprint density at radius 3 is 2.56 bits per heavy atom. The van der Waals surface area contributed by atoms with Gasteiger partial charge in [0.05, 0.1) is 6.20 Å². The number of benzene rings is 1. The first-order valence-electron chi connectivity index (χ1n) is 7.47. The number of oxazole rings is 1. The second-order valence-electron chi connectivity index (χ2n) is 5.33. The molecule has 1 aromatic heterocycles. The van der Waals surface area contributed by atoms with Crippen molar-refractivity contribution in [2.75, 3.05) is 6.61 Å². The number of aromatic nitrogens is 1. The summed E-state index contributed by atoms with van der Waals surface area (Å²) < 4.78 is 10.2. The van der Waals surface area contributed by atoms with Gasteiger partial charge in [-0.25, -0.2) is 4.98 Å². The maximum absolute atomic E-state index is 11.7. The van der Waals surface area contributed by atoms with Gasteiger partial charge >= 0.3 is 0 Å². The average Bonchev–Trinajstić information content (AvgIpc) is 3.13. The number of hydrazine groups is 1. The normalized spacial score (nSPS) is 10.2. The molecule has 25 heavy (non-hydrogen) atoms. The fraction of sp³-hybridized carbons (Fsp3) is 0.250. The number of nitrogens with zero attached hydrogens (tertiary/aromatic N) is 1. The highest BCUT2D eigenvalue weighted by atomic mass is 32.1. The standard InChI is InChI=1S/C16H18N4O4S/c1-10(2)11-3-5-12(6-4-11)23-8-14(21)19-20-16(25)18-15(22)13-7-17-9-24-13/h3-7,9-10H,8H2,1-2H3,(H,19,21)(H2,18,20,22,25). The minimum absolute atomic E-state index is 0.00338. The quantitative estimate of drug-likeness (QED) is 0.547. The molecular weight excluding hydrogens is 344 g/mol. The number of amides is 2. The highest BCUT2D eigenvalue weighted by Gasteiger charge is 2.11. The average molecular weight is 362 g/mol. The number of thiocarbonyl (C=S) groups is 1. The molecule has 0 fully saturated rings. The van der Waals surface area contributed by atoms with Crippen molar-refractivity contribution < 1.29 is 18.7 Å². The zero-order chi connectivity index (χ0) is 18.2. The molecule has 0 spiro atoms. The van der Waals surface area contributed by atoms with Crippen LogP contribution < -0.4 is 20.9 Å². The third-order valence-corrected chi connectivity index (χ3v) is 3.32. The predicted molar refractivity (Wildman–Crippen MR) is 93.9 cm³/mol. The molecule has 3 N–H and O–H groups in total. The second-order valence-corrected chi connectivity index (χ2v) is 5.74. The lowest BCUT2D eigenvalue weighted by Gasteiger charge is -2.11. The molecule has 0 saturated heterocycles. The van der Waals surface area contributed by atoms with Gasteiger partial charge < -0.3 is 9.15 Å². The highest BCUT2D eigenvalue weighted by molar-refractivity contribution is 7.80. The Balaban J connectivity index is 1.69. The number of carbonyl (C=O) groups is 2. The van der Waals surface area contributed by atoms with Crippen molar-refractivity contribution >= 4 is 29.1 Å². The molecule has 2 aromatic rings. The number of nitrogens with one attached hydrogen (secondary N) is 3. The maximum atomic E-state index is 11.7. The van der Waals surface area contributed by atoms with Gasteiger partial charge in [-0.2, -0.15) is 0 Å². The van der Waals surface area contributed by atoms with Crippen molar-refractivity contribution in [2.45, 2.75) is 19.8 Å². The van der Waals surface area contributed by atoms with Crippen molar-refractivity contribution in [1.29, 1.82) is 0 Å². The lowest BCUT2D eigenvalue weighted by Crippen LogP contribution is -2.49. The molecule has 0 aliphatic carbocycles. The molecule has 0 bridgehead atoms. The van der Waals surface area contributed by atoms with E-state index in [1.807, 2.05) is 12.1 Å². The monoisotopic (exact) mass is 362 g/mol. The summed E-state index contributed by atoms with van der Waals surface area (Å²) >= 11 is 4.88.